The number of carbonyl (C=O) groups excluding carboxylic acids is 1. The Hall–Kier alpha value is -2.08. The molecule has 0 spiro atoms. The third-order valence-electron chi connectivity index (χ3n) is 4.29. The number of amides is 2. The van der Waals surface area contributed by atoms with Gasteiger partial charge in [0.15, 0.2) is 5.58 Å². The molecule has 1 saturated heterocycles. The van der Waals surface area contributed by atoms with Crippen LogP contribution in [0.3, 0.4) is 0 Å². The second-order valence-electron chi connectivity index (χ2n) is 6.00. The Morgan fingerprint density at radius 1 is 1.55 bits per heavy atom. The summed E-state index contributed by atoms with van der Waals surface area (Å²) in [4.78, 5) is 20.7. The number of likely N-dealkylation sites (tertiary alicyclic amines) is 1. The number of rotatable bonds is 3. The first-order valence-corrected chi connectivity index (χ1v) is 7.59. The maximum Gasteiger partial charge on any atom is 0.317 e. The van der Waals surface area contributed by atoms with Crippen LogP contribution in [-0.2, 0) is 6.54 Å². The highest BCUT2D eigenvalue weighted by atomic mass is 16.3. The first-order chi connectivity index (χ1) is 10.5. The molecule has 1 atom stereocenters. The number of oxazole rings is 1. The molecular formula is C16H22N4O2. The van der Waals surface area contributed by atoms with Gasteiger partial charge in [0.05, 0.1) is 6.54 Å². The van der Waals surface area contributed by atoms with Gasteiger partial charge >= 0.3 is 6.03 Å². The van der Waals surface area contributed by atoms with E-state index in [1.165, 1.54) is 0 Å². The van der Waals surface area contributed by atoms with Crippen LogP contribution in [0.15, 0.2) is 22.6 Å². The lowest BCUT2D eigenvalue weighted by atomic mass is 10.2. The Morgan fingerprint density at radius 3 is 3.05 bits per heavy atom. The van der Waals surface area contributed by atoms with E-state index in [0.29, 0.717) is 12.4 Å². The van der Waals surface area contributed by atoms with Crippen molar-refractivity contribution in [3.63, 3.8) is 0 Å². The van der Waals surface area contributed by atoms with E-state index in [-0.39, 0.29) is 12.1 Å². The van der Waals surface area contributed by atoms with E-state index < -0.39 is 0 Å². The van der Waals surface area contributed by atoms with Crippen molar-refractivity contribution in [2.75, 3.05) is 27.2 Å². The molecule has 6 nitrogen and oxygen atoms in total. The zero-order chi connectivity index (χ0) is 15.7. The highest BCUT2D eigenvalue weighted by molar-refractivity contribution is 5.76. The molecule has 2 aromatic rings. The van der Waals surface area contributed by atoms with E-state index in [9.17, 15) is 4.79 Å². The molecule has 1 aliphatic heterocycles. The van der Waals surface area contributed by atoms with Gasteiger partial charge in [-0.2, -0.15) is 0 Å². The number of fused-ring (bicyclic) bond motifs is 1. The van der Waals surface area contributed by atoms with Crippen LogP contribution in [0.1, 0.15) is 17.9 Å². The maximum absolute atomic E-state index is 12.2. The normalized spacial score (nSPS) is 18.8. The molecule has 1 fully saturated rings. The number of carbonyl (C=O) groups is 1. The molecule has 0 unspecified atom stereocenters. The Kier molecular flexibility index (Phi) is 4.02. The predicted octanol–water partition coefficient (Wildman–Crippen LogP) is 1.98. The van der Waals surface area contributed by atoms with Crippen molar-refractivity contribution in [3.05, 3.63) is 29.7 Å². The van der Waals surface area contributed by atoms with Crippen LogP contribution < -0.4 is 5.32 Å². The third kappa shape index (κ3) is 2.92. The number of aryl methyl sites for hydroxylation is 1. The molecule has 3 rings (SSSR count). The lowest BCUT2D eigenvalue weighted by Crippen LogP contribution is -2.44. The summed E-state index contributed by atoms with van der Waals surface area (Å²) in [5.41, 5.74) is 2.69. The minimum atomic E-state index is -0.0840. The SMILES string of the molecule is Cc1cccc2oc(CNC(=O)N(C)[C@H]3CCN(C)C3)nc12. The van der Waals surface area contributed by atoms with Crippen molar-refractivity contribution in [3.8, 4) is 0 Å². The molecule has 0 bridgehead atoms. The molecule has 2 amide bonds. The van der Waals surface area contributed by atoms with Gasteiger partial charge in [0, 0.05) is 19.6 Å². The molecule has 1 aromatic heterocycles. The Morgan fingerprint density at radius 2 is 2.36 bits per heavy atom. The molecule has 1 N–H and O–H groups in total. The number of urea groups is 1. The van der Waals surface area contributed by atoms with Crippen LogP contribution in [0, 0.1) is 6.92 Å². The lowest BCUT2D eigenvalue weighted by molar-refractivity contribution is 0.189. The predicted molar refractivity (Wildman–Crippen MR) is 84.6 cm³/mol. The topological polar surface area (TPSA) is 61.6 Å². The number of benzene rings is 1. The number of hydrogen-bond donors (Lipinski definition) is 1. The van der Waals surface area contributed by atoms with E-state index in [4.69, 9.17) is 4.42 Å². The van der Waals surface area contributed by atoms with Gasteiger partial charge in [-0.25, -0.2) is 9.78 Å². The first kappa shape index (κ1) is 14.8. The van der Waals surface area contributed by atoms with E-state index in [2.05, 4.69) is 22.2 Å². The minimum absolute atomic E-state index is 0.0840. The number of likely N-dealkylation sites (N-methyl/N-ethyl adjacent to an activating group) is 2. The number of nitrogens with zero attached hydrogens (tertiary/aromatic N) is 3. The van der Waals surface area contributed by atoms with Crippen LogP contribution in [0.5, 0.6) is 0 Å². The fourth-order valence-corrected chi connectivity index (χ4v) is 2.88. The van der Waals surface area contributed by atoms with E-state index in [0.717, 1.165) is 36.2 Å². The van der Waals surface area contributed by atoms with Gasteiger partial charge in [0.2, 0.25) is 5.89 Å². The average molecular weight is 302 g/mol. The number of para-hydroxylation sites is 1. The molecule has 6 heteroatoms. The zero-order valence-corrected chi connectivity index (χ0v) is 13.3. The number of hydrogen-bond acceptors (Lipinski definition) is 4. The van der Waals surface area contributed by atoms with Gasteiger partial charge in [0.25, 0.3) is 0 Å². The maximum atomic E-state index is 12.2. The molecular weight excluding hydrogens is 280 g/mol. The summed E-state index contributed by atoms with van der Waals surface area (Å²) in [6.07, 6.45) is 1.02. The largest absolute Gasteiger partial charge is 0.439 e. The summed E-state index contributed by atoms with van der Waals surface area (Å²) in [6, 6.07) is 6.02. The van der Waals surface area contributed by atoms with E-state index in [1.807, 2.05) is 32.2 Å². The molecule has 1 aliphatic rings. The number of nitrogens with one attached hydrogen (secondary N) is 1. The molecule has 1 aromatic carbocycles. The van der Waals surface area contributed by atoms with Crippen LogP contribution in [0.4, 0.5) is 4.79 Å². The third-order valence-corrected chi connectivity index (χ3v) is 4.29. The summed E-state index contributed by atoms with van der Waals surface area (Å²) < 4.78 is 5.67. The minimum Gasteiger partial charge on any atom is -0.439 e. The second-order valence-corrected chi connectivity index (χ2v) is 6.00. The van der Waals surface area contributed by atoms with Crippen molar-refractivity contribution in [1.29, 1.82) is 0 Å². The van der Waals surface area contributed by atoms with E-state index >= 15 is 0 Å². The number of aromatic nitrogens is 1. The van der Waals surface area contributed by atoms with Crippen molar-refractivity contribution in [1.82, 2.24) is 20.1 Å². The summed E-state index contributed by atoms with van der Waals surface area (Å²) in [5.74, 6) is 0.537. The monoisotopic (exact) mass is 302 g/mol. The Labute approximate surface area is 130 Å². The van der Waals surface area contributed by atoms with E-state index in [1.54, 1.807) is 4.90 Å². The quantitative estimate of drug-likeness (QED) is 0.942. The summed E-state index contributed by atoms with van der Waals surface area (Å²) in [6.45, 7) is 4.26. The Bertz CT molecular complexity index is 682. The molecule has 2 heterocycles. The molecule has 118 valence electrons. The van der Waals surface area contributed by atoms with Crippen molar-refractivity contribution < 1.29 is 9.21 Å². The van der Waals surface area contributed by atoms with Crippen molar-refractivity contribution in [2.24, 2.45) is 0 Å². The highest BCUT2D eigenvalue weighted by Gasteiger charge is 2.26. The fourth-order valence-electron chi connectivity index (χ4n) is 2.88. The summed E-state index contributed by atoms with van der Waals surface area (Å²) >= 11 is 0. The van der Waals surface area contributed by atoms with Crippen LogP contribution in [-0.4, -0.2) is 54.0 Å². The van der Waals surface area contributed by atoms with Crippen molar-refractivity contribution in [2.45, 2.75) is 25.9 Å². The second kappa shape index (κ2) is 5.96. The van der Waals surface area contributed by atoms with Gasteiger partial charge in [-0.3, -0.25) is 0 Å². The highest BCUT2D eigenvalue weighted by Crippen LogP contribution is 2.19. The molecule has 0 radical (unpaired) electrons. The van der Waals surface area contributed by atoms with Crippen molar-refractivity contribution >= 4 is 17.1 Å². The zero-order valence-electron chi connectivity index (χ0n) is 13.3. The molecule has 22 heavy (non-hydrogen) atoms. The summed E-state index contributed by atoms with van der Waals surface area (Å²) in [5, 5.41) is 2.88. The average Bonchev–Trinajstić information content (AvgIpc) is 3.11. The smallest absolute Gasteiger partial charge is 0.317 e. The van der Waals surface area contributed by atoms with Gasteiger partial charge in [-0.05, 0) is 38.6 Å². The lowest BCUT2D eigenvalue weighted by Gasteiger charge is -2.24. The van der Waals surface area contributed by atoms with Gasteiger partial charge in [0.1, 0.15) is 5.52 Å². The first-order valence-electron chi connectivity index (χ1n) is 7.59. The van der Waals surface area contributed by atoms with Crippen LogP contribution >= 0.6 is 0 Å². The van der Waals surface area contributed by atoms with Crippen LogP contribution in [0.25, 0.3) is 11.1 Å². The van der Waals surface area contributed by atoms with Gasteiger partial charge in [-0.1, -0.05) is 12.1 Å². The van der Waals surface area contributed by atoms with Gasteiger partial charge in [-0.15, -0.1) is 0 Å². The van der Waals surface area contributed by atoms with Gasteiger partial charge < -0.3 is 19.5 Å². The standard InChI is InChI=1S/C16H22N4O2/c1-11-5-4-6-13-15(11)18-14(22-13)9-17-16(21)20(3)12-7-8-19(2)10-12/h4-6,12H,7-10H2,1-3H3,(H,17,21)/t12-/m0/s1. The molecule has 0 aliphatic carbocycles. The fraction of sp³-hybridized carbons (Fsp3) is 0.500. The molecule has 0 saturated carbocycles. The van der Waals surface area contributed by atoms with Crippen LogP contribution in [0.2, 0.25) is 0 Å². The summed E-state index contributed by atoms with van der Waals surface area (Å²) in [7, 11) is 3.92. The Balaban J connectivity index is 1.61.